The summed E-state index contributed by atoms with van der Waals surface area (Å²) in [5.41, 5.74) is 11.8. The van der Waals surface area contributed by atoms with Crippen LogP contribution >= 0.6 is 0 Å². The Bertz CT molecular complexity index is 340. The lowest BCUT2D eigenvalue weighted by molar-refractivity contribution is -0.119. The van der Waals surface area contributed by atoms with Crippen molar-refractivity contribution >= 4 is 11.7 Å². The van der Waals surface area contributed by atoms with Gasteiger partial charge in [0.1, 0.15) is 5.82 Å². The summed E-state index contributed by atoms with van der Waals surface area (Å²) in [5.74, 6) is 0.166. The van der Waals surface area contributed by atoms with Gasteiger partial charge in [-0.15, -0.1) is 0 Å². The summed E-state index contributed by atoms with van der Waals surface area (Å²) in [5, 5.41) is 0. The van der Waals surface area contributed by atoms with Gasteiger partial charge in [0.2, 0.25) is 5.91 Å². The molecule has 1 rings (SSSR count). The van der Waals surface area contributed by atoms with E-state index in [2.05, 4.69) is 4.98 Å². The van der Waals surface area contributed by atoms with E-state index in [0.717, 1.165) is 12.1 Å². The van der Waals surface area contributed by atoms with Gasteiger partial charge in [-0.2, -0.15) is 0 Å². The fourth-order valence-electron chi connectivity index (χ4n) is 1.33. The first-order chi connectivity index (χ1) is 7.13. The molecular formula is C10H16N4O. The number of hydrogen-bond donors (Lipinski definition) is 2. The van der Waals surface area contributed by atoms with Gasteiger partial charge in [0.05, 0.1) is 6.54 Å². The summed E-state index contributed by atoms with van der Waals surface area (Å²) in [6.45, 7) is 3.55. The second kappa shape index (κ2) is 5.31. The summed E-state index contributed by atoms with van der Waals surface area (Å²) in [4.78, 5) is 16.7. The minimum absolute atomic E-state index is 0.241. The van der Waals surface area contributed by atoms with Crippen molar-refractivity contribution in [1.29, 1.82) is 0 Å². The summed E-state index contributed by atoms with van der Waals surface area (Å²) in [7, 11) is 0. The zero-order chi connectivity index (χ0) is 11.3. The average Bonchev–Trinajstić information content (AvgIpc) is 2.19. The number of hydrogen-bond acceptors (Lipinski definition) is 4. The fourth-order valence-corrected chi connectivity index (χ4v) is 1.33. The Morgan fingerprint density at radius 3 is 2.87 bits per heavy atom. The van der Waals surface area contributed by atoms with Crippen LogP contribution in [0.5, 0.6) is 0 Å². The zero-order valence-corrected chi connectivity index (χ0v) is 8.81. The maximum absolute atomic E-state index is 10.8. The van der Waals surface area contributed by atoms with Gasteiger partial charge in [0.15, 0.2) is 0 Å². The van der Waals surface area contributed by atoms with E-state index < -0.39 is 0 Å². The van der Waals surface area contributed by atoms with E-state index in [9.17, 15) is 4.79 Å². The Kier molecular flexibility index (Phi) is 4.05. The molecule has 1 amide bonds. The van der Waals surface area contributed by atoms with Crippen molar-refractivity contribution in [2.45, 2.75) is 13.5 Å². The van der Waals surface area contributed by atoms with Crippen molar-refractivity contribution in [3.05, 3.63) is 23.9 Å². The van der Waals surface area contributed by atoms with Crippen LogP contribution in [0.25, 0.3) is 0 Å². The van der Waals surface area contributed by atoms with Crippen LogP contribution in [-0.2, 0) is 11.3 Å². The number of carbonyl (C=O) groups is 1. The molecule has 82 valence electrons. The van der Waals surface area contributed by atoms with E-state index >= 15 is 0 Å². The Morgan fingerprint density at radius 1 is 1.60 bits per heavy atom. The van der Waals surface area contributed by atoms with Gasteiger partial charge in [0, 0.05) is 18.3 Å². The second-order valence-corrected chi connectivity index (χ2v) is 3.32. The number of nitrogens with zero attached hydrogens (tertiary/aromatic N) is 2. The molecule has 1 heterocycles. The van der Waals surface area contributed by atoms with Crippen molar-refractivity contribution in [3.8, 4) is 0 Å². The van der Waals surface area contributed by atoms with Crippen molar-refractivity contribution in [1.82, 2.24) is 9.88 Å². The third kappa shape index (κ3) is 3.55. The molecule has 15 heavy (non-hydrogen) atoms. The molecule has 0 saturated carbocycles. The van der Waals surface area contributed by atoms with Crippen LogP contribution in [0.2, 0.25) is 0 Å². The number of nitrogens with two attached hydrogens (primary N) is 2. The number of likely N-dealkylation sites (N-methyl/N-ethyl adjacent to an activating group) is 1. The van der Waals surface area contributed by atoms with E-state index in [4.69, 9.17) is 11.5 Å². The third-order valence-electron chi connectivity index (χ3n) is 2.15. The van der Waals surface area contributed by atoms with Crippen LogP contribution in [0.4, 0.5) is 5.82 Å². The molecule has 0 atom stereocenters. The number of pyridine rings is 1. The molecule has 0 aliphatic rings. The third-order valence-corrected chi connectivity index (χ3v) is 2.15. The zero-order valence-electron chi connectivity index (χ0n) is 8.81. The molecule has 0 aliphatic carbocycles. The van der Waals surface area contributed by atoms with Crippen LogP contribution < -0.4 is 11.5 Å². The van der Waals surface area contributed by atoms with Crippen LogP contribution in [0.15, 0.2) is 18.3 Å². The second-order valence-electron chi connectivity index (χ2n) is 3.32. The van der Waals surface area contributed by atoms with E-state index in [-0.39, 0.29) is 12.5 Å². The predicted octanol–water partition coefficient (Wildman–Crippen LogP) is -0.0290. The summed E-state index contributed by atoms with van der Waals surface area (Å²) in [6.07, 6.45) is 1.64. The molecule has 0 fully saturated rings. The van der Waals surface area contributed by atoms with E-state index in [1.165, 1.54) is 0 Å². The number of nitrogen functional groups attached to an aromatic ring is 1. The van der Waals surface area contributed by atoms with Crippen molar-refractivity contribution in [2.24, 2.45) is 5.73 Å². The van der Waals surface area contributed by atoms with Gasteiger partial charge in [-0.1, -0.05) is 13.0 Å². The standard InChI is InChI=1S/C10H16N4O/c1-2-14(7-9(11)15)6-8-4-3-5-13-10(8)12/h3-5H,2,6-7H2,1H3,(H2,11,15)(H2,12,13). The lowest BCUT2D eigenvalue weighted by Gasteiger charge is -2.18. The first-order valence-corrected chi connectivity index (χ1v) is 4.83. The number of amides is 1. The molecule has 5 nitrogen and oxygen atoms in total. The maximum Gasteiger partial charge on any atom is 0.231 e. The first-order valence-electron chi connectivity index (χ1n) is 4.83. The SMILES string of the molecule is CCN(CC(N)=O)Cc1cccnc1N. The minimum Gasteiger partial charge on any atom is -0.383 e. The van der Waals surface area contributed by atoms with Crippen molar-refractivity contribution < 1.29 is 4.79 Å². The van der Waals surface area contributed by atoms with E-state index in [1.54, 1.807) is 6.20 Å². The highest BCUT2D eigenvalue weighted by Gasteiger charge is 2.08. The van der Waals surface area contributed by atoms with Crippen molar-refractivity contribution in [2.75, 3.05) is 18.8 Å². The lowest BCUT2D eigenvalue weighted by Crippen LogP contribution is -2.33. The highest BCUT2D eigenvalue weighted by atomic mass is 16.1. The smallest absolute Gasteiger partial charge is 0.231 e. The minimum atomic E-state index is -0.334. The van der Waals surface area contributed by atoms with Crippen LogP contribution in [0.3, 0.4) is 0 Å². The Labute approximate surface area is 89.1 Å². The highest BCUT2D eigenvalue weighted by Crippen LogP contribution is 2.09. The molecule has 0 spiro atoms. The van der Waals surface area contributed by atoms with Gasteiger partial charge in [0.25, 0.3) is 0 Å². The van der Waals surface area contributed by atoms with Crippen LogP contribution in [0, 0.1) is 0 Å². The molecule has 0 radical (unpaired) electrons. The van der Waals surface area contributed by atoms with Crippen LogP contribution in [-0.4, -0.2) is 28.9 Å². The lowest BCUT2D eigenvalue weighted by atomic mass is 10.2. The number of aromatic nitrogens is 1. The largest absolute Gasteiger partial charge is 0.383 e. The van der Waals surface area contributed by atoms with Gasteiger partial charge < -0.3 is 11.5 Å². The maximum atomic E-state index is 10.8. The highest BCUT2D eigenvalue weighted by molar-refractivity contribution is 5.75. The molecule has 0 saturated heterocycles. The van der Waals surface area contributed by atoms with Gasteiger partial charge in [-0.3, -0.25) is 9.69 Å². The Morgan fingerprint density at radius 2 is 2.33 bits per heavy atom. The summed E-state index contributed by atoms with van der Waals surface area (Å²) < 4.78 is 0. The fraction of sp³-hybridized carbons (Fsp3) is 0.400. The van der Waals surface area contributed by atoms with Gasteiger partial charge in [-0.05, 0) is 12.6 Å². The molecular weight excluding hydrogens is 192 g/mol. The van der Waals surface area contributed by atoms with E-state index in [0.29, 0.717) is 12.4 Å². The molecule has 5 heteroatoms. The number of rotatable bonds is 5. The molecule has 4 N–H and O–H groups in total. The first kappa shape index (κ1) is 11.5. The summed E-state index contributed by atoms with van der Waals surface area (Å²) >= 11 is 0. The van der Waals surface area contributed by atoms with Crippen molar-refractivity contribution in [3.63, 3.8) is 0 Å². The molecule has 0 bridgehead atoms. The Balaban J connectivity index is 2.66. The molecule has 0 aliphatic heterocycles. The number of primary amides is 1. The number of anilines is 1. The Hall–Kier alpha value is -1.62. The monoisotopic (exact) mass is 208 g/mol. The topological polar surface area (TPSA) is 85.2 Å². The average molecular weight is 208 g/mol. The quantitative estimate of drug-likeness (QED) is 0.711. The molecule has 1 aromatic rings. The van der Waals surface area contributed by atoms with E-state index in [1.807, 2.05) is 24.0 Å². The molecule has 0 unspecified atom stereocenters. The molecule has 0 aromatic carbocycles. The summed E-state index contributed by atoms with van der Waals surface area (Å²) in [6, 6.07) is 3.72. The molecule has 1 aromatic heterocycles. The predicted molar refractivity (Wildman–Crippen MR) is 58.8 cm³/mol. The number of carbonyl (C=O) groups excluding carboxylic acids is 1. The normalized spacial score (nSPS) is 10.5. The van der Waals surface area contributed by atoms with Gasteiger partial charge >= 0.3 is 0 Å². The van der Waals surface area contributed by atoms with Gasteiger partial charge in [-0.25, -0.2) is 4.98 Å². The van der Waals surface area contributed by atoms with Crippen LogP contribution in [0.1, 0.15) is 12.5 Å².